The molecule has 1 atom stereocenters. The van der Waals surface area contributed by atoms with Gasteiger partial charge in [0.2, 0.25) is 5.82 Å². The molecule has 1 unspecified atom stereocenters. The van der Waals surface area contributed by atoms with E-state index in [1.807, 2.05) is 7.05 Å². The summed E-state index contributed by atoms with van der Waals surface area (Å²) in [5, 5.41) is 21.2. The molecule has 2 N–H and O–H groups in total. The van der Waals surface area contributed by atoms with Crippen LogP contribution in [0.2, 0.25) is 0 Å². The Morgan fingerprint density at radius 3 is 3.12 bits per heavy atom. The number of aromatic nitrogens is 4. The Labute approximate surface area is 97.4 Å². The quantitative estimate of drug-likeness (QED) is 0.739. The number of rotatable bonds is 2. The van der Waals surface area contributed by atoms with E-state index < -0.39 is 5.60 Å². The van der Waals surface area contributed by atoms with Gasteiger partial charge in [-0.2, -0.15) is 10.1 Å². The van der Waals surface area contributed by atoms with Crippen LogP contribution in [0, 0.1) is 0 Å². The molecular formula is C10H13N5O2. The van der Waals surface area contributed by atoms with Crippen LogP contribution in [0.4, 0.5) is 0 Å². The van der Waals surface area contributed by atoms with Crippen molar-refractivity contribution in [2.45, 2.75) is 12.0 Å². The molecule has 0 saturated carbocycles. The van der Waals surface area contributed by atoms with Gasteiger partial charge in [-0.3, -0.25) is 4.68 Å². The minimum Gasteiger partial charge on any atom is -0.379 e. The second-order valence-electron chi connectivity index (χ2n) is 4.28. The number of aliphatic hydroxyl groups is 1. The van der Waals surface area contributed by atoms with Gasteiger partial charge in [-0.25, -0.2) is 0 Å². The van der Waals surface area contributed by atoms with Crippen LogP contribution in [-0.2, 0) is 12.6 Å². The van der Waals surface area contributed by atoms with E-state index in [0.717, 1.165) is 12.1 Å². The minimum absolute atomic E-state index is 0.265. The molecular weight excluding hydrogens is 222 g/mol. The first-order valence-corrected chi connectivity index (χ1v) is 5.44. The molecule has 0 spiro atoms. The topological polar surface area (TPSA) is 89.0 Å². The van der Waals surface area contributed by atoms with Crippen molar-refractivity contribution in [1.82, 2.24) is 25.2 Å². The Morgan fingerprint density at radius 2 is 2.47 bits per heavy atom. The number of β-amino-alcohol motifs (C(OH)–C–C–N with tert-alkyl or cyclic N) is 1. The van der Waals surface area contributed by atoms with Crippen molar-refractivity contribution in [3.63, 3.8) is 0 Å². The van der Waals surface area contributed by atoms with Gasteiger partial charge in [0.15, 0.2) is 5.60 Å². The highest BCUT2D eigenvalue weighted by molar-refractivity contribution is 5.51. The van der Waals surface area contributed by atoms with E-state index >= 15 is 0 Å². The molecule has 0 amide bonds. The molecule has 1 saturated heterocycles. The smallest absolute Gasteiger partial charge is 0.260 e. The van der Waals surface area contributed by atoms with E-state index in [-0.39, 0.29) is 5.89 Å². The second-order valence-corrected chi connectivity index (χ2v) is 4.28. The molecule has 7 nitrogen and oxygen atoms in total. The summed E-state index contributed by atoms with van der Waals surface area (Å²) in [6.45, 7) is 1.20. The molecule has 3 rings (SSSR count). The van der Waals surface area contributed by atoms with Crippen LogP contribution in [0.15, 0.2) is 16.9 Å². The van der Waals surface area contributed by atoms with Gasteiger partial charge in [0.05, 0.1) is 11.8 Å². The summed E-state index contributed by atoms with van der Waals surface area (Å²) in [6, 6.07) is 0. The van der Waals surface area contributed by atoms with Crippen LogP contribution in [0.3, 0.4) is 0 Å². The summed E-state index contributed by atoms with van der Waals surface area (Å²) < 4.78 is 6.79. The van der Waals surface area contributed by atoms with E-state index in [2.05, 4.69) is 20.6 Å². The molecule has 0 bridgehead atoms. The lowest BCUT2D eigenvalue weighted by Crippen LogP contribution is -2.28. The van der Waals surface area contributed by atoms with Gasteiger partial charge in [0, 0.05) is 19.8 Å². The third-order valence-corrected chi connectivity index (χ3v) is 2.92. The zero-order valence-electron chi connectivity index (χ0n) is 9.42. The minimum atomic E-state index is -1.03. The molecule has 0 aliphatic carbocycles. The van der Waals surface area contributed by atoms with E-state index in [1.165, 1.54) is 0 Å². The van der Waals surface area contributed by atoms with Gasteiger partial charge in [-0.15, -0.1) is 0 Å². The van der Waals surface area contributed by atoms with Gasteiger partial charge < -0.3 is 14.9 Å². The molecule has 1 aliphatic heterocycles. The van der Waals surface area contributed by atoms with Crippen LogP contribution in [0.5, 0.6) is 0 Å². The largest absolute Gasteiger partial charge is 0.379 e. The van der Waals surface area contributed by atoms with Crippen molar-refractivity contribution in [3.8, 4) is 11.4 Å². The molecule has 0 radical (unpaired) electrons. The van der Waals surface area contributed by atoms with Crippen molar-refractivity contribution in [2.24, 2.45) is 7.05 Å². The van der Waals surface area contributed by atoms with Crippen molar-refractivity contribution in [2.75, 3.05) is 13.1 Å². The fourth-order valence-electron chi connectivity index (χ4n) is 1.93. The monoisotopic (exact) mass is 235 g/mol. The lowest BCUT2D eigenvalue weighted by Gasteiger charge is -2.14. The van der Waals surface area contributed by atoms with Crippen molar-refractivity contribution in [3.05, 3.63) is 18.3 Å². The standard InChI is InChI=1S/C10H13N5O2/c1-15-5-7(4-12-15)8-13-9(17-14-8)10(16)2-3-11-6-10/h4-5,11,16H,2-3,6H2,1H3. The predicted octanol–water partition coefficient (Wildman–Crippen LogP) is -0.349. The van der Waals surface area contributed by atoms with Crippen LogP contribution >= 0.6 is 0 Å². The zero-order valence-corrected chi connectivity index (χ0v) is 9.42. The Bertz CT molecular complexity index is 526. The average molecular weight is 235 g/mol. The van der Waals surface area contributed by atoms with Gasteiger partial charge in [0.25, 0.3) is 5.89 Å². The molecule has 0 aromatic carbocycles. The fraction of sp³-hybridized carbons (Fsp3) is 0.500. The number of hydrogen-bond donors (Lipinski definition) is 2. The predicted molar refractivity (Wildman–Crippen MR) is 57.9 cm³/mol. The molecule has 3 heterocycles. The number of hydrogen-bond acceptors (Lipinski definition) is 6. The lowest BCUT2D eigenvalue weighted by atomic mass is 10.0. The normalized spacial score (nSPS) is 24.4. The fourth-order valence-corrected chi connectivity index (χ4v) is 1.93. The van der Waals surface area contributed by atoms with Crippen LogP contribution in [0.1, 0.15) is 12.3 Å². The van der Waals surface area contributed by atoms with Gasteiger partial charge >= 0.3 is 0 Å². The third kappa shape index (κ3) is 1.73. The average Bonchev–Trinajstić information content (AvgIpc) is 2.96. The van der Waals surface area contributed by atoms with Crippen molar-refractivity contribution >= 4 is 0 Å². The maximum atomic E-state index is 10.2. The summed E-state index contributed by atoms with van der Waals surface area (Å²) in [5.41, 5.74) is -0.259. The maximum absolute atomic E-state index is 10.2. The summed E-state index contributed by atoms with van der Waals surface area (Å²) in [7, 11) is 1.82. The highest BCUT2D eigenvalue weighted by Gasteiger charge is 2.38. The van der Waals surface area contributed by atoms with Crippen molar-refractivity contribution in [1.29, 1.82) is 0 Å². The molecule has 1 aliphatic rings. The van der Waals surface area contributed by atoms with Crippen LogP contribution in [0.25, 0.3) is 11.4 Å². The number of aryl methyl sites for hydroxylation is 1. The third-order valence-electron chi connectivity index (χ3n) is 2.92. The number of nitrogens with one attached hydrogen (secondary N) is 1. The lowest BCUT2D eigenvalue weighted by molar-refractivity contribution is 0.0243. The molecule has 2 aromatic heterocycles. The zero-order chi connectivity index (χ0) is 11.9. The van der Waals surface area contributed by atoms with Gasteiger partial charge in [-0.05, 0) is 13.0 Å². The highest BCUT2D eigenvalue weighted by atomic mass is 16.5. The molecule has 90 valence electrons. The van der Waals surface area contributed by atoms with Crippen molar-refractivity contribution < 1.29 is 9.63 Å². The molecule has 1 fully saturated rings. The highest BCUT2D eigenvalue weighted by Crippen LogP contribution is 2.27. The van der Waals surface area contributed by atoms with Gasteiger partial charge in [-0.1, -0.05) is 5.16 Å². The first-order chi connectivity index (χ1) is 8.17. The summed E-state index contributed by atoms with van der Waals surface area (Å²) >= 11 is 0. The SMILES string of the molecule is Cn1cc(-c2noc(C3(O)CCNC3)n2)cn1. The van der Waals surface area contributed by atoms with E-state index in [4.69, 9.17) is 4.52 Å². The summed E-state index contributed by atoms with van der Waals surface area (Å²) in [5.74, 6) is 0.717. The Balaban J connectivity index is 1.92. The van der Waals surface area contributed by atoms with Crippen LogP contribution in [-0.4, -0.2) is 38.1 Å². The summed E-state index contributed by atoms with van der Waals surface area (Å²) in [6.07, 6.45) is 4.04. The Hall–Kier alpha value is -1.73. The first-order valence-electron chi connectivity index (χ1n) is 5.44. The van der Waals surface area contributed by atoms with E-state index in [0.29, 0.717) is 18.8 Å². The Morgan fingerprint density at radius 1 is 1.59 bits per heavy atom. The van der Waals surface area contributed by atoms with Gasteiger partial charge in [0.1, 0.15) is 0 Å². The van der Waals surface area contributed by atoms with E-state index in [9.17, 15) is 5.11 Å². The second kappa shape index (κ2) is 3.64. The van der Waals surface area contributed by atoms with Crippen LogP contribution < -0.4 is 5.32 Å². The first kappa shape index (κ1) is 10.4. The molecule has 2 aromatic rings. The summed E-state index contributed by atoms with van der Waals surface area (Å²) in [4.78, 5) is 4.23. The Kier molecular flexibility index (Phi) is 2.23. The van der Waals surface area contributed by atoms with E-state index in [1.54, 1.807) is 17.1 Å². The molecule has 17 heavy (non-hydrogen) atoms. The number of nitrogens with zero attached hydrogens (tertiary/aromatic N) is 4. The molecule has 7 heteroatoms. The maximum Gasteiger partial charge on any atom is 0.260 e.